The lowest BCUT2D eigenvalue weighted by Crippen LogP contribution is -2.40. The number of amides is 1. The highest BCUT2D eigenvalue weighted by atomic mass is 35.5. The van der Waals surface area contributed by atoms with Gasteiger partial charge in [-0.2, -0.15) is 0 Å². The lowest BCUT2D eigenvalue weighted by molar-refractivity contribution is -0.125. The Morgan fingerprint density at radius 2 is 2.00 bits per heavy atom. The topological polar surface area (TPSA) is 47.6 Å². The van der Waals surface area contributed by atoms with Gasteiger partial charge in [-0.05, 0) is 42.8 Å². The maximum atomic E-state index is 12.3. The monoisotopic (exact) mass is 303 g/mol. The fourth-order valence-corrected chi connectivity index (χ4v) is 2.36. The summed E-state index contributed by atoms with van der Waals surface area (Å²) in [4.78, 5) is 12.3. The van der Waals surface area contributed by atoms with Crippen LogP contribution in [0.2, 0.25) is 5.02 Å². The number of anilines is 1. The Morgan fingerprint density at radius 3 is 2.76 bits per heavy atom. The summed E-state index contributed by atoms with van der Waals surface area (Å²) < 4.78 is 11.2. The first kappa shape index (κ1) is 13.8. The SMILES string of the molecule is Cc1cc(Cl)ccc1NC(=O)[C@H]1COc2ccccc2O1. The molecule has 5 heteroatoms. The zero-order valence-electron chi connectivity index (χ0n) is 11.4. The Labute approximate surface area is 127 Å². The predicted molar refractivity (Wildman–Crippen MR) is 81.2 cm³/mol. The molecule has 0 radical (unpaired) electrons. The van der Waals surface area contributed by atoms with Crippen molar-refractivity contribution in [2.75, 3.05) is 11.9 Å². The number of carbonyl (C=O) groups is 1. The van der Waals surface area contributed by atoms with E-state index >= 15 is 0 Å². The van der Waals surface area contributed by atoms with Crippen molar-refractivity contribution in [2.24, 2.45) is 0 Å². The van der Waals surface area contributed by atoms with E-state index in [1.807, 2.05) is 25.1 Å². The summed E-state index contributed by atoms with van der Waals surface area (Å²) in [6, 6.07) is 12.6. The van der Waals surface area contributed by atoms with Crippen molar-refractivity contribution in [3.63, 3.8) is 0 Å². The van der Waals surface area contributed by atoms with Crippen LogP contribution >= 0.6 is 11.6 Å². The van der Waals surface area contributed by atoms with Crippen molar-refractivity contribution >= 4 is 23.2 Å². The standard InChI is InChI=1S/C16H14ClNO3/c1-10-8-11(17)6-7-12(10)18-16(19)15-9-20-13-4-2-3-5-14(13)21-15/h2-8,15H,9H2,1H3,(H,18,19)/t15-/m1/s1. The lowest BCUT2D eigenvalue weighted by Gasteiger charge is -2.25. The second-order valence-corrected chi connectivity index (χ2v) is 5.25. The zero-order chi connectivity index (χ0) is 14.8. The molecule has 2 aromatic carbocycles. The van der Waals surface area contributed by atoms with Crippen LogP contribution in [0.15, 0.2) is 42.5 Å². The van der Waals surface area contributed by atoms with E-state index in [0.717, 1.165) is 5.56 Å². The molecule has 0 aromatic heterocycles. The first-order valence-corrected chi connectivity index (χ1v) is 6.97. The zero-order valence-corrected chi connectivity index (χ0v) is 12.2. The fraction of sp³-hybridized carbons (Fsp3) is 0.188. The average Bonchev–Trinajstić information content (AvgIpc) is 2.49. The van der Waals surface area contributed by atoms with Crippen molar-refractivity contribution in [3.05, 3.63) is 53.1 Å². The van der Waals surface area contributed by atoms with Gasteiger partial charge in [0.2, 0.25) is 6.10 Å². The Balaban J connectivity index is 1.72. The van der Waals surface area contributed by atoms with E-state index in [2.05, 4.69) is 5.32 Å². The lowest BCUT2D eigenvalue weighted by atomic mass is 10.2. The number of halogens is 1. The van der Waals surface area contributed by atoms with E-state index in [9.17, 15) is 4.79 Å². The van der Waals surface area contributed by atoms with Gasteiger partial charge in [0.25, 0.3) is 5.91 Å². The van der Waals surface area contributed by atoms with Crippen LogP contribution in [-0.4, -0.2) is 18.6 Å². The molecule has 0 bridgehead atoms. The normalized spacial score (nSPS) is 16.4. The van der Waals surface area contributed by atoms with Crippen molar-refractivity contribution in [3.8, 4) is 11.5 Å². The van der Waals surface area contributed by atoms with Crippen molar-refractivity contribution < 1.29 is 14.3 Å². The molecule has 0 saturated carbocycles. The van der Waals surface area contributed by atoms with Gasteiger partial charge in [0.1, 0.15) is 6.61 Å². The largest absolute Gasteiger partial charge is 0.485 e. The maximum absolute atomic E-state index is 12.3. The van der Waals surface area contributed by atoms with Crippen molar-refractivity contribution in [1.29, 1.82) is 0 Å². The minimum absolute atomic E-state index is 0.190. The summed E-state index contributed by atoms with van der Waals surface area (Å²) in [7, 11) is 0. The number of hydrogen-bond donors (Lipinski definition) is 1. The number of rotatable bonds is 2. The first-order valence-electron chi connectivity index (χ1n) is 6.59. The predicted octanol–water partition coefficient (Wildman–Crippen LogP) is 3.43. The highest BCUT2D eigenvalue weighted by Gasteiger charge is 2.27. The molecule has 4 nitrogen and oxygen atoms in total. The van der Waals surface area contributed by atoms with Crippen LogP contribution in [0.1, 0.15) is 5.56 Å². The van der Waals surface area contributed by atoms with Crippen LogP contribution in [0.3, 0.4) is 0 Å². The quantitative estimate of drug-likeness (QED) is 0.924. The Morgan fingerprint density at radius 1 is 1.24 bits per heavy atom. The molecule has 0 saturated heterocycles. The molecule has 1 atom stereocenters. The highest BCUT2D eigenvalue weighted by molar-refractivity contribution is 6.30. The number of ether oxygens (including phenoxy) is 2. The smallest absolute Gasteiger partial charge is 0.269 e. The van der Waals surface area contributed by atoms with Gasteiger partial charge < -0.3 is 14.8 Å². The number of aryl methyl sites for hydroxylation is 1. The van der Waals surface area contributed by atoms with Gasteiger partial charge in [-0.1, -0.05) is 23.7 Å². The highest BCUT2D eigenvalue weighted by Crippen LogP contribution is 2.31. The number of para-hydroxylation sites is 2. The van der Waals surface area contributed by atoms with E-state index in [4.69, 9.17) is 21.1 Å². The van der Waals surface area contributed by atoms with Crippen molar-refractivity contribution in [2.45, 2.75) is 13.0 Å². The molecule has 1 amide bonds. The van der Waals surface area contributed by atoms with Gasteiger partial charge in [0, 0.05) is 10.7 Å². The Kier molecular flexibility index (Phi) is 3.71. The molecule has 1 aliphatic rings. The molecule has 0 fully saturated rings. The number of carbonyl (C=O) groups excluding carboxylic acids is 1. The van der Waals surface area contributed by atoms with Gasteiger partial charge in [0.05, 0.1) is 0 Å². The number of fused-ring (bicyclic) bond motifs is 1. The Hall–Kier alpha value is -2.20. The summed E-state index contributed by atoms with van der Waals surface area (Å²) in [6.45, 7) is 2.07. The van der Waals surface area contributed by atoms with Crippen LogP contribution in [0.5, 0.6) is 11.5 Å². The molecule has 1 aliphatic heterocycles. The van der Waals surface area contributed by atoms with Crippen LogP contribution in [0, 0.1) is 6.92 Å². The van der Waals surface area contributed by atoms with E-state index in [1.54, 1.807) is 24.3 Å². The van der Waals surface area contributed by atoms with E-state index in [1.165, 1.54) is 0 Å². The van der Waals surface area contributed by atoms with Gasteiger partial charge in [0.15, 0.2) is 11.5 Å². The van der Waals surface area contributed by atoms with Gasteiger partial charge in [-0.3, -0.25) is 4.79 Å². The number of nitrogens with one attached hydrogen (secondary N) is 1. The van der Waals surface area contributed by atoms with E-state index < -0.39 is 6.10 Å². The first-order chi connectivity index (χ1) is 10.1. The third-order valence-corrected chi connectivity index (χ3v) is 3.48. The number of hydrogen-bond acceptors (Lipinski definition) is 3. The molecule has 3 rings (SSSR count). The summed E-state index contributed by atoms with van der Waals surface area (Å²) in [5.74, 6) is 0.996. The molecule has 0 unspecified atom stereocenters. The Bertz CT molecular complexity index is 687. The second kappa shape index (κ2) is 5.66. The van der Waals surface area contributed by atoms with E-state index in [0.29, 0.717) is 22.2 Å². The van der Waals surface area contributed by atoms with Gasteiger partial charge >= 0.3 is 0 Å². The van der Waals surface area contributed by atoms with Crippen LogP contribution in [0.4, 0.5) is 5.69 Å². The maximum Gasteiger partial charge on any atom is 0.269 e. The molecule has 2 aromatic rings. The third kappa shape index (κ3) is 2.95. The number of benzene rings is 2. The summed E-state index contributed by atoms with van der Waals surface area (Å²) in [5.41, 5.74) is 1.61. The van der Waals surface area contributed by atoms with Crippen LogP contribution in [-0.2, 0) is 4.79 Å². The molecule has 0 spiro atoms. The minimum Gasteiger partial charge on any atom is -0.485 e. The fourth-order valence-electron chi connectivity index (χ4n) is 2.13. The van der Waals surface area contributed by atoms with Crippen LogP contribution < -0.4 is 14.8 Å². The molecule has 0 aliphatic carbocycles. The minimum atomic E-state index is -0.671. The molecular formula is C16H14ClNO3. The second-order valence-electron chi connectivity index (χ2n) is 4.81. The third-order valence-electron chi connectivity index (χ3n) is 3.25. The molecular weight excluding hydrogens is 290 g/mol. The van der Waals surface area contributed by atoms with Gasteiger partial charge in [-0.25, -0.2) is 0 Å². The van der Waals surface area contributed by atoms with Crippen LogP contribution in [0.25, 0.3) is 0 Å². The molecule has 21 heavy (non-hydrogen) atoms. The van der Waals surface area contributed by atoms with E-state index in [-0.39, 0.29) is 12.5 Å². The average molecular weight is 304 g/mol. The molecule has 1 N–H and O–H groups in total. The van der Waals surface area contributed by atoms with Gasteiger partial charge in [-0.15, -0.1) is 0 Å². The molecule has 108 valence electrons. The summed E-state index contributed by atoms with van der Waals surface area (Å²) >= 11 is 5.90. The summed E-state index contributed by atoms with van der Waals surface area (Å²) in [6.07, 6.45) is -0.671. The summed E-state index contributed by atoms with van der Waals surface area (Å²) in [5, 5.41) is 3.47. The molecule has 1 heterocycles. The van der Waals surface area contributed by atoms with Crippen molar-refractivity contribution in [1.82, 2.24) is 0 Å².